The third kappa shape index (κ3) is 3.09. The van der Waals surface area contributed by atoms with E-state index in [1.165, 1.54) is 12.8 Å². The Kier molecular flexibility index (Phi) is 4.23. The minimum absolute atomic E-state index is 0.607. The topological polar surface area (TPSA) is 29.5 Å². The van der Waals surface area contributed by atoms with Gasteiger partial charge in [-0.25, -0.2) is 0 Å². The van der Waals surface area contributed by atoms with E-state index >= 15 is 0 Å². The second-order valence-corrected chi connectivity index (χ2v) is 5.71. The molecule has 94 valence electrons. The van der Waals surface area contributed by atoms with Gasteiger partial charge in [0.05, 0.1) is 6.61 Å². The van der Waals surface area contributed by atoms with E-state index in [1.54, 1.807) is 0 Å². The summed E-state index contributed by atoms with van der Waals surface area (Å²) in [5.74, 6) is -0.471. The van der Waals surface area contributed by atoms with Crippen LogP contribution in [0.4, 0.5) is 0 Å². The van der Waals surface area contributed by atoms with Crippen LogP contribution in [0, 0.1) is 5.92 Å². The fourth-order valence-corrected chi connectivity index (χ4v) is 2.65. The molecule has 0 aromatic heterocycles. The summed E-state index contributed by atoms with van der Waals surface area (Å²) in [6, 6.07) is 7.72. The molecule has 2 rings (SSSR count). The standard InChI is InChI=1S/C14H19BrO2/c1-2-3-11-8-9-14(16,17-10-11)12-4-6-13(15)7-5-12/h4-7,11,16H,2-3,8-10H2,1H3/t11-,14+/m1/s1. The molecule has 2 nitrogen and oxygen atoms in total. The maximum absolute atomic E-state index is 10.5. The number of aliphatic hydroxyl groups is 1. The fraction of sp³-hybridized carbons (Fsp3) is 0.571. The molecule has 0 bridgehead atoms. The van der Waals surface area contributed by atoms with Gasteiger partial charge < -0.3 is 9.84 Å². The van der Waals surface area contributed by atoms with Crippen LogP contribution in [-0.4, -0.2) is 11.7 Å². The molecule has 1 fully saturated rings. The van der Waals surface area contributed by atoms with Gasteiger partial charge in [-0.15, -0.1) is 0 Å². The Balaban J connectivity index is 2.04. The van der Waals surface area contributed by atoms with Crippen LogP contribution in [0.1, 0.15) is 38.2 Å². The molecule has 1 N–H and O–H groups in total. The Labute approximate surface area is 111 Å². The molecule has 1 saturated heterocycles. The molecule has 17 heavy (non-hydrogen) atoms. The fourth-order valence-electron chi connectivity index (χ4n) is 2.38. The summed E-state index contributed by atoms with van der Waals surface area (Å²) in [5.41, 5.74) is 0.857. The maximum atomic E-state index is 10.5. The van der Waals surface area contributed by atoms with Crippen LogP contribution in [0.25, 0.3) is 0 Å². The zero-order chi connectivity index (χ0) is 12.3. The summed E-state index contributed by atoms with van der Waals surface area (Å²) in [7, 11) is 0. The van der Waals surface area contributed by atoms with E-state index in [9.17, 15) is 5.11 Å². The molecule has 0 saturated carbocycles. The minimum Gasteiger partial charge on any atom is -0.362 e. The summed E-state index contributed by atoms with van der Waals surface area (Å²) in [4.78, 5) is 0. The lowest BCUT2D eigenvalue weighted by molar-refractivity contribution is -0.245. The average Bonchev–Trinajstić information content (AvgIpc) is 2.33. The van der Waals surface area contributed by atoms with Crippen molar-refractivity contribution in [1.29, 1.82) is 0 Å². The van der Waals surface area contributed by atoms with Crippen LogP contribution in [0.15, 0.2) is 28.7 Å². The second kappa shape index (κ2) is 5.51. The van der Waals surface area contributed by atoms with Crippen molar-refractivity contribution >= 4 is 15.9 Å². The van der Waals surface area contributed by atoms with Crippen LogP contribution < -0.4 is 0 Å². The van der Waals surface area contributed by atoms with Crippen molar-refractivity contribution in [3.63, 3.8) is 0 Å². The largest absolute Gasteiger partial charge is 0.362 e. The molecule has 0 amide bonds. The summed E-state index contributed by atoms with van der Waals surface area (Å²) in [6.07, 6.45) is 4.11. The maximum Gasteiger partial charge on any atom is 0.192 e. The number of hydrogen-bond acceptors (Lipinski definition) is 2. The lowest BCUT2D eigenvalue weighted by Gasteiger charge is -2.36. The highest BCUT2D eigenvalue weighted by Gasteiger charge is 2.35. The van der Waals surface area contributed by atoms with Gasteiger partial charge in [-0.2, -0.15) is 0 Å². The Hall–Kier alpha value is -0.380. The highest BCUT2D eigenvalue weighted by molar-refractivity contribution is 9.10. The second-order valence-electron chi connectivity index (χ2n) is 4.80. The van der Waals surface area contributed by atoms with Gasteiger partial charge in [0.2, 0.25) is 0 Å². The highest BCUT2D eigenvalue weighted by Crippen LogP contribution is 2.36. The van der Waals surface area contributed by atoms with Crippen molar-refractivity contribution in [3.8, 4) is 0 Å². The van der Waals surface area contributed by atoms with Gasteiger partial charge in [0, 0.05) is 16.5 Å². The molecule has 2 atom stereocenters. The van der Waals surface area contributed by atoms with Gasteiger partial charge in [0.25, 0.3) is 0 Å². The molecular weight excluding hydrogens is 280 g/mol. The van der Waals surface area contributed by atoms with Gasteiger partial charge in [0.1, 0.15) is 0 Å². The first kappa shape index (κ1) is 13.1. The Morgan fingerprint density at radius 2 is 2.12 bits per heavy atom. The summed E-state index contributed by atoms with van der Waals surface area (Å²) in [5, 5.41) is 10.5. The van der Waals surface area contributed by atoms with Gasteiger partial charge in [-0.1, -0.05) is 41.4 Å². The van der Waals surface area contributed by atoms with Crippen LogP contribution >= 0.6 is 15.9 Å². The van der Waals surface area contributed by atoms with E-state index in [0.717, 1.165) is 16.5 Å². The van der Waals surface area contributed by atoms with Crippen LogP contribution in [0.3, 0.4) is 0 Å². The van der Waals surface area contributed by atoms with Crippen LogP contribution in [-0.2, 0) is 10.5 Å². The summed E-state index contributed by atoms with van der Waals surface area (Å²) in [6.45, 7) is 2.86. The van der Waals surface area contributed by atoms with Gasteiger partial charge in [-0.05, 0) is 30.9 Å². The Morgan fingerprint density at radius 3 is 2.65 bits per heavy atom. The molecular formula is C14H19BrO2. The summed E-state index contributed by atoms with van der Waals surface area (Å²) >= 11 is 3.39. The zero-order valence-electron chi connectivity index (χ0n) is 10.2. The number of halogens is 1. The highest BCUT2D eigenvalue weighted by atomic mass is 79.9. The van der Waals surface area contributed by atoms with Crippen molar-refractivity contribution < 1.29 is 9.84 Å². The van der Waals surface area contributed by atoms with Crippen LogP contribution in [0.5, 0.6) is 0 Å². The quantitative estimate of drug-likeness (QED) is 0.919. The molecule has 1 aliphatic rings. The molecule has 3 heteroatoms. The van der Waals surface area contributed by atoms with E-state index in [0.29, 0.717) is 18.9 Å². The number of benzene rings is 1. The number of rotatable bonds is 3. The number of ether oxygens (including phenoxy) is 1. The van der Waals surface area contributed by atoms with E-state index in [2.05, 4.69) is 22.9 Å². The van der Waals surface area contributed by atoms with E-state index < -0.39 is 5.79 Å². The van der Waals surface area contributed by atoms with Gasteiger partial charge in [0.15, 0.2) is 5.79 Å². The summed E-state index contributed by atoms with van der Waals surface area (Å²) < 4.78 is 6.71. The zero-order valence-corrected chi connectivity index (χ0v) is 11.7. The third-order valence-electron chi connectivity index (χ3n) is 3.44. The first-order valence-corrected chi connectivity index (χ1v) is 7.06. The smallest absolute Gasteiger partial charge is 0.192 e. The van der Waals surface area contributed by atoms with E-state index in [-0.39, 0.29) is 0 Å². The lowest BCUT2D eigenvalue weighted by Crippen LogP contribution is -2.36. The molecule has 1 aliphatic heterocycles. The third-order valence-corrected chi connectivity index (χ3v) is 3.97. The predicted octanol–water partition coefficient (Wildman–Crippen LogP) is 3.82. The SMILES string of the molecule is CCC[C@@H]1CC[C@@](O)(c2ccc(Br)cc2)OC1. The minimum atomic E-state index is -1.08. The molecule has 1 heterocycles. The van der Waals surface area contributed by atoms with Crippen molar-refractivity contribution in [2.45, 2.75) is 38.4 Å². The average molecular weight is 299 g/mol. The monoisotopic (exact) mass is 298 g/mol. The first-order valence-electron chi connectivity index (χ1n) is 6.26. The van der Waals surface area contributed by atoms with Crippen molar-refractivity contribution in [2.75, 3.05) is 6.61 Å². The van der Waals surface area contributed by atoms with E-state index in [4.69, 9.17) is 4.74 Å². The molecule has 0 radical (unpaired) electrons. The lowest BCUT2D eigenvalue weighted by atomic mass is 9.89. The molecule has 0 aliphatic carbocycles. The van der Waals surface area contributed by atoms with E-state index in [1.807, 2.05) is 24.3 Å². The first-order chi connectivity index (χ1) is 8.14. The van der Waals surface area contributed by atoms with Gasteiger partial charge >= 0.3 is 0 Å². The van der Waals surface area contributed by atoms with Crippen molar-refractivity contribution in [1.82, 2.24) is 0 Å². The molecule has 1 aromatic rings. The van der Waals surface area contributed by atoms with Crippen molar-refractivity contribution in [2.24, 2.45) is 5.92 Å². The van der Waals surface area contributed by atoms with Crippen LogP contribution in [0.2, 0.25) is 0 Å². The molecule has 0 spiro atoms. The normalized spacial score (nSPS) is 29.2. The number of hydrogen-bond donors (Lipinski definition) is 1. The Morgan fingerprint density at radius 1 is 1.41 bits per heavy atom. The molecule has 1 aromatic carbocycles. The van der Waals surface area contributed by atoms with Crippen molar-refractivity contribution in [3.05, 3.63) is 34.3 Å². The Bertz CT molecular complexity index is 353. The molecule has 0 unspecified atom stereocenters. The predicted molar refractivity (Wildman–Crippen MR) is 71.6 cm³/mol. The van der Waals surface area contributed by atoms with Gasteiger partial charge in [-0.3, -0.25) is 0 Å².